The molecule has 2 aliphatic rings. The molecule has 4 aromatic carbocycles. The summed E-state index contributed by atoms with van der Waals surface area (Å²) in [6, 6.07) is 34.3. The molecule has 0 spiro atoms. The third-order valence-corrected chi connectivity index (χ3v) is 7.98. The van der Waals surface area contributed by atoms with Crippen LogP contribution in [-0.2, 0) is 25.5 Å². The van der Waals surface area contributed by atoms with E-state index in [2.05, 4.69) is 97.7 Å². The van der Waals surface area contributed by atoms with Crippen molar-refractivity contribution in [2.45, 2.75) is 19.3 Å². The minimum Gasteiger partial charge on any atom is -0.477 e. The Kier molecular flexibility index (Phi) is 6.65. The molecule has 2 heterocycles. The van der Waals surface area contributed by atoms with Crippen molar-refractivity contribution in [3.63, 3.8) is 0 Å². The van der Waals surface area contributed by atoms with Crippen LogP contribution in [0.3, 0.4) is 0 Å². The molecule has 41 heavy (non-hydrogen) atoms. The van der Waals surface area contributed by atoms with Gasteiger partial charge < -0.3 is 5.11 Å². The van der Waals surface area contributed by atoms with Crippen LogP contribution < -0.4 is 0 Å². The fourth-order valence-electron chi connectivity index (χ4n) is 5.92. The van der Waals surface area contributed by atoms with Crippen LogP contribution in [0.15, 0.2) is 97.2 Å². The standard InChI is InChI=1S/C26H18N.C10H7NO2.Ir/c1-26(2)21-8-4-3-7-19(21)20-14-17(12-13-22(20)26)24-15-18-11-10-16-6-5-9-23(27-24)25(16)18;12-10(13)9-5-7-3-1-2-4-8(7)6-11-9;/h3-11,13-15H,1-2H3;1-6H,(H,12,13);/q-1;;. The molecular formula is C36H25IrN2O2-. The molecule has 0 amide bonds. The first kappa shape index (κ1) is 26.8. The molecular weight excluding hydrogens is 685 g/mol. The van der Waals surface area contributed by atoms with E-state index in [0.29, 0.717) is 0 Å². The molecule has 5 heteroatoms. The van der Waals surface area contributed by atoms with Crippen LogP contribution in [0, 0.1) is 6.07 Å². The molecule has 0 unspecified atom stereocenters. The normalized spacial score (nSPS) is 13.2. The molecule has 201 valence electrons. The zero-order chi connectivity index (χ0) is 27.4. The number of rotatable bonds is 2. The number of aromatic carboxylic acids is 1. The van der Waals surface area contributed by atoms with Crippen LogP contribution in [0.2, 0.25) is 0 Å². The van der Waals surface area contributed by atoms with Crippen molar-refractivity contribution in [3.05, 3.63) is 131 Å². The Balaban J connectivity index is 0.000000183. The maximum atomic E-state index is 10.6. The second kappa shape index (κ2) is 10.2. The van der Waals surface area contributed by atoms with E-state index in [1.165, 1.54) is 38.8 Å². The first-order chi connectivity index (χ1) is 19.4. The quantitative estimate of drug-likeness (QED) is 0.183. The molecule has 2 aliphatic carbocycles. The number of fused-ring (bicyclic) bond motifs is 4. The largest absolute Gasteiger partial charge is 0.477 e. The fraction of sp³-hybridized carbons (Fsp3) is 0.0833. The van der Waals surface area contributed by atoms with Gasteiger partial charge in [-0.05, 0) is 50.9 Å². The first-order valence-electron chi connectivity index (χ1n) is 13.3. The molecule has 0 atom stereocenters. The fourth-order valence-corrected chi connectivity index (χ4v) is 5.92. The number of benzene rings is 4. The zero-order valence-corrected chi connectivity index (χ0v) is 24.9. The Morgan fingerprint density at radius 3 is 2.39 bits per heavy atom. The van der Waals surface area contributed by atoms with Crippen LogP contribution in [-0.4, -0.2) is 21.0 Å². The average molecular weight is 710 g/mol. The van der Waals surface area contributed by atoms with Gasteiger partial charge in [-0.2, -0.15) is 0 Å². The van der Waals surface area contributed by atoms with E-state index in [0.717, 1.165) is 27.5 Å². The number of pyridine rings is 2. The monoisotopic (exact) mass is 710 g/mol. The predicted molar refractivity (Wildman–Crippen MR) is 161 cm³/mol. The SMILES string of the molecule is CC1(C)c2c[c-]c(-c3cc4c5c(cccc5n3)C=C4)cc2-c2ccccc21.O=C(O)c1cc2ccccc2cn1.[Ir]. The Morgan fingerprint density at radius 1 is 0.805 bits per heavy atom. The number of nitrogens with zero attached hydrogens (tertiary/aromatic N) is 2. The van der Waals surface area contributed by atoms with Crippen molar-refractivity contribution < 1.29 is 30.0 Å². The molecule has 0 aliphatic heterocycles. The average Bonchev–Trinajstić information content (AvgIpc) is 3.50. The molecule has 0 fully saturated rings. The number of aromatic nitrogens is 2. The Morgan fingerprint density at radius 2 is 1.56 bits per heavy atom. The Hall–Kier alpha value is -4.44. The van der Waals surface area contributed by atoms with Crippen LogP contribution in [0.25, 0.3) is 56.2 Å². The zero-order valence-electron chi connectivity index (χ0n) is 22.5. The third-order valence-electron chi connectivity index (χ3n) is 7.98. The summed E-state index contributed by atoms with van der Waals surface area (Å²) in [5.41, 5.74) is 11.1. The molecule has 0 bridgehead atoms. The predicted octanol–water partition coefficient (Wildman–Crippen LogP) is 8.42. The van der Waals surface area contributed by atoms with Gasteiger partial charge in [0.1, 0.15) is 5.69 Å². The van der Waals surface area contributed by atoms with Crippen molar-refractivity contribution in [2.75, 3.05) is 0 Å². The van der Waals surface area contributed by atoms with Crippen molar-refractivity contribution in [3.8, 4) is 22.4 Å². The molecule has 1 N–H and O–H groups in total. The molecule has 4 nitrogen and oxygen atoms in total. The summed E-state index contributed by atoms with van der Waals surface area (Å²) in [4.78, 5) is 19.3. The van der Waals surface area contributed by atoms with Crippen LogP contribution >= 0.6 is 0 Å². The minimum absolute atomic E-state index is 0. The first-order valence-corrected chi connectivity index (χ1v) is 13.3. The van der Waals surface area contributed by atoms with E-state index < -0.39 is 5.97 Å². The number of carboxylic acids is 1. The summed E-state index contributed by atoms with van der Waals surface area (Å²) in [5.74, 6) is -0.995. The van der Waals surface area contributed by atoms with E-state index in [4.69, 9.17) is 10.1 Å². The molecule has 6 aromatic rings. The van der Waals surface area contributed by atoms with Gasteiger partial charge in [-0.3, -0.25) is 4.98 Å². The van der Waals surface area contributed by atoms with Crippen molar-refractivity contribution in [1.82, 2.24) is 9.97 Å². The number of carbonyl (C=O) groups is 1. The van der Waals surface area contributed by atoms with E-state index in [1.807, 2.05) is 24.3 Å². The van der Waals surface area contributed by atoms with Gasteiger partial charge in [-0.15, -0.1) is 29.3 Å². The number of hydrogen-bond acceptors (Lipinski definition) is 3. The van der Waals surface area contributed by atoms with Gasteiger partial charge in [0.2, 0.25) is 0 Å². The minimum atomic E-state index is -0.995. The maximum Gasteiger partial charge on any atom is 0.354 e. The Bertz CT molecular complexity index is 2030. The van der Waals surface area contributed by atoms with Crippen molar-refractivity contribution in [2.24, 2.45) is 0 Å². The molecule has 8 rings (SSSR count). The van der Waals surface area contributed by atoms with Gasteiger partial charge in [0, 0.05) is 37.1 Å². The molecule has 2 aromatic heterocycles. The van der Waals surface area contributed by atoms with Crippen LogP contribution in [0.5, 0.6) is 0 Å². The van der Waals surface area contributed by atoms with Gasteiger partial charge in [-0.25, -0.2) is 9.78 Å². The van der Waals surface area contributed by atoms with Gasteiger partial charge in [0.15, 0.2) is 0 Å². The Labute approximate surface area is 251 Å². The second-order valence-corrected chi connectivity index (χ2v) is 10.7. The van der Waals surface area contributed by atoms with Crippen LogP contribution in [0.4, 0.5) is 0 Å². The summed E-state index contributed by atoms with van der Waals surface area (Å²) in [6.07, 6.45) is 5.93. The van der Waals surface area contributed by atoms with E-state index >= 15 is 0 Å². The number of hydrogen-bond donors (Lipinski definition) is 1. The summed E-state index contributed by atoms with van der Waals surface area (Å²) in [5, 5.41) is 11.8. The smallest absolute Gasteiger partial charge is 0.354 e. The van der Waals surface area contributed by atoms with Crippen molar-refractivity contribution in [1.29, 1.82) is 0 Å². The van der Waals surface area contributed by atoms with Gasteiger partial charge in [0.25, 0.3) is 0 Å². The van der Waals surface area contributed by atoms with E-state index in [9.17, 15) is 4.79 Å². The summed E-state index contributed by atoms with van der Waals surface area (Å²) < 4.78 is 0. The van der Waals surface area contributed by atoms with Crippen LogP contribution in [0.1, 0.15) is 46.6 Å². The molecule has 0 saturated heterocycles. The van der Waals surface area contributed by atoms with E-state index in [-0.39, 0.29) is 31.2 Å². The van der Waals surface area contributed by atoms with Crippen molar-refractivity contribution >= 4 is 39.8 Å². The maximum absolute atomic E-state index is 10.6. The van der Waals surface area contributed by atoms with E-state index in [1.54, 1.807) is 12.3 Å². The third kappa shape index (κ3) is 4.48. The molecule has 0 saturated carbocycles. The summed E-state index contributed by atoms with van der Waals surface area (Å²) >= 11 is 0. The molecule has 1 radical (unpaired) electrons. The topological polar surface area (TPSA) is 63.1 Å². The number of carboxylic acid groups (broad SMARTS) is 1. The summed E-state index contributed by atoms with van der Waals surface area (Å²) in [6.45, 7) is 4.60. The van der Waals surface area contributed by atoms with Gasteiger partial charge >= 0.3 is 5.97 Å². The van der Waals surface area contributed by atoms with Gasteiger partial charge in [0.05, 0.1) is 5.52 Å². The summed E-state index contributed by atoms with van der Waals surface area (Å²) in [7, 11) is 0. The van der Waals surface area contributed by atoms with Gasteiger partial charge in [-0.1, -0.05) is 98.3 Å². The second-order valence-electron chi connectivity index (χ2n) is 10.7.